The van der Waals surface area contributed by atoms with Crippen LogP contribution >= 0.6 is 0 Å². The number of aromatic nitrogens is 2. The minimum absolute atomic E-state index is 0.0612. The third-order valence-corrected chi connectivity index (χ3v) is 4.46. The second-order valence-electron chi connectivity index (χ2n) is 6.60. The van der Waals surface area contributed by atoms with Crippen LogP contribution in [0, 0.1) is 5.82 Å². The number of hydrogen-bond donors (Lipinski definition) is 2. The topological polar surface area (TPSA) is 84.0 Å². The molecule has 4 rings (SSSR count). The van der Waals surface area contributed by atoms with Crippen LogP contribution < -0.4 is 10.9 Å². The Morgan fingerprint density at radius 3 is 2.50 bits per heavy atom. The molecule has 0 saturated carbocycles. The first kappa shape index (κ1) is 19.2. The molecule has 0 radical (unpaired) electrons. The van der Waals surface area contributed by atoms with Crippen LogP contribution in [0.15, 0.2) is 79.0 Å². The number of hydrazine groups is 1. The molecule has 6 nitrogen and oxygen atoms in total. The zero-order valence-corrected chi connectivity index (χ0v) is 15.8. The zero-order chi connectivity index (χ0) is 20.9. The quantitative estimate of drug-likeness (QED) is 0.514. The second kappa shape index (κ2) is 8.48. The van der Waals surface area contributed by atoms with Crippen molar-refractivity contribution < 1.29 is 14.0 Å². The standard InChI is InChI=1S/C23H17FN4O2/c24-16-7-5-6-15(12-16)13-22(29)27-28-23(30)18-14-21(20-10-3-4-11-25-20)26-19-9-2-1-8-17(18)19/h1-12,14H,13H2,(H,27,29)(H,28,30). The molecule has 4 aromatic rings. The molecule has 0 aliphatic heterocycles. The molecule has 2 heterocycles. The van der Waals surface area contributed by atoms with E-state index < -0.39 is 17.6 Å². The van der Waals surface area contributed by atoms with Gasteiger partial charge in [0.25, 0.3) is 5.91 Å². The molecular weight excluding hydrogens is 383 g/mol. The van der Waals surface area contributed by atoms with Crippen LogP contribution in [0.5, 0.6) is 0 Å². The molecule has 0 aliphatic carbocycles. The van der Waals surface area contributed by atoms with Gasteiger partial charge in [-0.05, 0) is 42.0 Å². The summed E-state index contributed by atoms with van der Waals surface area (Å²) in [4.78, 5) is 33.8. The van der Waals surface area contributed by atoms with Gasteiger partial charge in [0.2, 0.25) is 5.91 Å². The van der Waals surface area contributed by atoms with Gasteiger partial charge in [-0.3, -0.25) is 25.4 Å². The number of nitrogens with zero attached hydrogens (tertiary/aromatic N) is 2. The summed E-state index contributed by atoms with van der Waals surface area (Å²) >= 11 is 0. The van der Waals surface area contributed by atoms with Crippen molar-refractivity contribution >= 4 is 22.7 Å². The fraction of sp³-hybridized carbons (Fsp3) is 0.0435. The first-order valence-corrected chi connectivity index (χ1v) is 9.25. The van der Waals surface area contributed by atoms with Crippen molar-refractivity contribution in [3.8, 4) is 11.4 Å². The minimum Gasteiger partial charge on any atom is -0.273 e. The van der Waals surface area contributed by atoms with E-state index in [0.29, 0.717) is 33.4 Å². The highest BCUT2D eigenvalue weighted by molar-refractivity contribution is 6.07. The Morgan fingerprint density at radius 1 is 0.867 bits per heavy atom. The first-order valence-electron chi connectivity index (χ1n) is 9.25. The summed E-state index contributed by atoms with van der Waals surface area (Å²) in [6, 6.07) is 20.1. The van der Waals surface area contributed by atoms with Crippen molar-refractivity contribution in [1.82, 2.24) is 20.8 Å². The number of carbonyl (C=O) groups excluding carboxylic acids is 2. The maximum atomic E-state index is 13.3. The highest BCUT2D eigenvalue weighted by atomic mass is 19.1. The molecule has 2 aromatic heterocycles. The van der Waals surface area contributed by atoms with Crippen LogP contribution in [0.2, 0.25) is 0 Å². The fourth-order valence-electron chi connectivity index (χ4n) is 3.08. The molecule has 2 N–H and O–H groups in total. The van der Waals surface area contributed by atoms with E-state index in [1.807, 2.05) is 18.2 Å². The van der Waals surface area contributed by atoms with E-state index in [2.05, 4.69) is 20.8 Å². The summed E-state index contributed by atoms with van der Waals surface area (Å²) in [6.07, 6.45) is 1.59. The Hall–Kier alpha value is -4.13. The minimum atomic E-state index is -0.488. The molecule has 148 valence electrons. The van der Waals surface area contributed by atoms with E-state index in [1.54, 1.807) is 42.6 Å². The van der Waals surface area contributed by atoms with Gasteiger partial charge in [-0.15, -0.1) is 0 Å². The third-order valence-electron chi connectivity index (χ3n) is 4.46. The lowest BCUT2D eigenvalue weighted by atomic mass is 10.1. The Kier molecular flexibility index (Phi) is 5.43. The average Bonchev–Trinajstić information content (AvgIpc) is 2.77. The summed E-state index contributed by atoms with van der Waals surface area (Å²) in [5, 5.41) is 0.647. The Balaban J connectivity index is 1.56. The van der Waals surface area contributed by atoms with Crippen molar-refractivity contribution in [2.75, 3.05) is 0 Å². The van der Waals surface area contributed by atoms with Crippen LogP contribution in [-0.2, 0) is 11.2 Å². The summed E-state index contributed by atoms with van der Waals surface area (Å²) in [6.45, 7) is 0. The van der Waals surface area contributed by atoms with Crippen LogP contribution in [0.1, 0.15) is 15.9 Å². The molecule has 0 saturated heterocycles. The Labute approximate surface area is 171 Å². The predicted octanol–water partition coefficient (Wildman–Crippen LogP) is 3.44. The monoisotopic (exact) mass is 400 g/mol. The molecular formula is C23H17FN4O2. The van der Waals surface area contributed by atoms with Crippen molar-refractivity contribution in [3.63, 3.8) is 0 Å². The number of halogens is 1. The van der Waals surface area contributed by atoms with Gasteiger partial charge in [0.15, 0.2) is 0 Å². The number of nitrogens with one attached hydrogen (secondary N) is 2. The maximum Gasteiger partial charge on any atom is 0.270 e. The van der Waals surface area contributed by atoms with E-state index in [1.165, 1.54) is 18.2 Å². The first-order chi connectivity index (χ1) is 14.6. The van der Waals surface area contributed by atoms with Crippen LogP contribution in [0.4, 0.5) is 4.39 Å². The highest BCUT2D eigenvalue weighted by Crippen LogP contribution is 2.23. The third kappa shape index (κ3) is 4.30. The number of benzene rings is 2. The lowest BCUT2D eigenvalue weighted by Crippen LogP contribution is -2.42. The molecule has 2 amide bonds. The van der Waals surface area contributed by atoms with E-state index in [-0.39, 0.29) is 6.42 Å². The number of rotatable bonds is 4. The zero-order valence-electron chi connectivity index (χ0n) is 15.8. The molecule has 0 aliphatic rings. The average molecular weight is 400 g/mol. The summed E-state index contributed by atoms with van der Waals surface area (Å²) < 4.78 is 13.3. The van der Waals surface area contributed by atoms with Gasteiger partial charge in [-0.2, -0.15) is 0 Å². The molecule has 2 aromatic carbocycles. The maximum absolute atomic E-state index is 13.3. The van der Waals surface area contributed by atoms with Gasteiger partial charge in [-0.1, -0.05) is 36.4 Å². The number of amides is 2. The predicted molar refractivity (Wildman–Crippen MR) is 111 cm³/mol. The fourth-order valence-corrected chi connectivity index (χ4v) is 3.08. The molecule has 0 fully saturated rings. The van der Waals surface area contributed by atoms with E-state index in [0.717, 1.165) is 0 Å². The SMILES string of the molecule is O=C(Cc1cccc(F)c1)NNC(=O)c1cc(-c2ccccn2)nc2ccccc12. The van der Waals surface area contributed by atoms with Crippen molar-refractivity contribution in [2.24, 2.45) is 0 Å². The molecule has 0 bridgehead atoms. The lowest BCUT2D eigenvalue weighted by Gasteiger charge is -2.11. The second-order valence-corrected chi connectivity index (χ2v) is 6.60. The smallest absolute Gasteiger partial charge is 0.270 e. The molecule has 30 heavy (non-hydrogen) atoms. The highest BCUT2D eigenvalue weighted by Gasteiger charge is 2.15. The number of fused-ring (bicyclic) bond motifs is 1. The number of hydrogen-bond acceptors (Lipinski definition) is 4. The van der Waals surface area contributed by atoms with Gasteiger partial charge in [-0.25, -0.2) is 9.37 Å². The van der Waals surface area contributed by atoms with Crippen molar-refractivity contribution in [1.29, 1.82) is 0 Å². The van der Waals surface area contributed by atoms with Crippen LogP contribution in [0.25, 0.3) is 22.3 Å². The Morgan fingerprint density at radius 2 is 1.70 bits per heavy atom. The molecule has 0 unspecified atom stereocenters. The summed E-state index contributed by atoms with van der Waals surface area (Å²) in [5.74, 6) is -1.37. The van der Waals surface area contributed by atoms with E-state index in [4.69, 9.17) is 0 Å². The van der Waals surface area contributed by atoms with Crippen LogP contribution in [0.3, 0.4) is 0 Å². The van der Waals surface area contributed by atoms with Gasteiger partial charge in [0, 0.05) is 11.6 Å². The van der Waals surface area contributed by atoms with Gasteiger partial charge < -0.3 is 0 Å². The number of pyridine rings is 2. The number of para-hydroxylation sites is 1. The van der Waals surface area contributed by atoms with Crippen molar-refractivity contribution in [3.05, 3.63) is 95.9 Å². The van der Waals surface area contributed by atoms with Gasteiger partial charge >= 0.3 is 0 Å². The lowest BCUT2D eigenvalue weighted by molar-refractivity contribution is -0.121. The molecule has 0 atom stereocenters. The molecule has 0 spiro atoms. The number of carbonyl (C=O) groups is 2. The van der Waals surface area contributed by atoms with Crippen molar-refractivity contribution in [2.45, 2.75) is 6.42 Å². The van der Waals surface area contributed by atoms with Gasteiger partial charge in [0.05, 0.1) is 28.9 Å². The summed E-state index contributed by atoms with van der Waals surface area (Å²) in [7, 11) is 0. The Bertz CT molecular complexity index is 1230. The molecule has 7 heteroatoms. The normalized spacial score (nSPS) is 10.6. The van der Waals surface area contributed by atoms with E-state index in [9.17, 15) is 14.0 Å². The van der Waals surface area contributed by atoms with Gasteiger partial charge in [0.1, 0.15) is 5.82 Å². The largest absolute Gasteiger partial charge is 0.273 e. The summed E-state index contributed by atoms with van der Waals surface area (Å²) in [5.41, 5.74) is 7.48. The van der Waals surface area contributed by atoms with E-state index >= 15 is 0 Å². The van der Waals surface area contributed by atoms with Crippen LogP contribution in [-0.4, -0.2) is 21.8 Å².